The van der Waals surface area contributed by atoms with E-state index in [4.69, 9.17) is 0 Å². The number of thioether (sulfide) groups is 1. The van der Waals surface area contributed by atoms with Crippen LogP contribution in [-0.4, -0.2) is 26.4 Å². The van der Waals surface area contributed by atoms with Gasteiger partial charge in [0.05, 0.1) is 10.6 Å². The smallest absolute Gasteiger partial charge is 0.234 e. The summed E-state index contributed by atoms with van der Waals surface area (Å²) < 4.78 is 1.91. The number of rotatable bonds is 5. The summed E-state index contributed by atoms with van der Waals surface area (Å²) >= 11 is 3.00. The van der Waals surface area contributed by atoms with E-state index in [9.17, 15) is 4.79 Å². The maximum atomic E-state index is 12.1. The van der Waals surface area contributed by atoms with Gasteiger partial charge in [0.2, 0.25) is 5.91 Å². The summed E-state index contributed by atoms with van der Waals surface area (Å²) in [5.41, 5.74) is 1.93. The molecule has 1 N–H and O–H groups in total. The number of carbonyl (C=O) groups is 1. The molecule has 0 aliphatic heterocycles. The van der Waals surface area contributed by atoms with Crippen LogP contribution < -0.4 is 5.32 Å². The topological polar surface area (TPSA) is 59.8 Å². The van der Waals surface area contributed by atoms with Crippen molar-refractivity contribution < 1.29 is 4.79 Å². The first kappa shape index (κ1) is 15.8. The molecule has 118 valence electrons. The van der Waals surface area contributed by atoms with E-state index in [0.29, 0.717) is 5.75 Å². The zero-order valence-corrected chi connectivity index (χ0v) is 14.4. The van der Waals surface area contributed by atoms with Crippen molar-refractivity contribution >= 4 is 34.7 Å². The monoisotopic (exact) mass is 344 g/mol. The lowest BCUT2D eigenvalue weighted by molar-refractivity contribution is -0.113. The molecule has 5 nitrogen and oxygen atoms in total. The Bertz CT molecular complexity index is 811. The van der Waals surface area contributed by atoms with Crippen LogP contribution >= 0.6 is 23.1 Å². The molecule has 0 fully saturated rings. The van der Waals surface area contributed by atoms with E-state index in [1.54, 1.807) is 11.3 Å². The SMILES string of the molecule is Cc1cccc(NC(=O)CSc2nnc(-c3cccs3)n2C)c1. The molecule has 0 saturated carbocycles. The summed E-state index contributed by atoms with van der Waals surface area (Å²) in [6.45, 7) is 2.00. The molecular weight excluding hydrogens is 328 g/mol. The van der Waals surface area contributed by atoms with Gasteiger partial charge in [0.1, 0.15) is 0 Å². The third kappa shape index (κ3) is 3.80. The van der Waals surface area contributed by atoms with Gasteiger partial charge < -0.3 is 9.88 Å². The van der Waals surface area contributed by atoms with Crippen molar-refractivity contribution in [2.75, 3.05) is 11.1 Å². The Labute approximate surface area is 142 Å². The molecule has 0 spiro atoms. The molecule has 0 aliphatic carbocycles. The fraction of sp³-hybridized carbons (Fsp3) is 0.188. The second kappa shape index (κ2) is 6.97. The molecule has 3 aromatic rings. The fourth-order valence-corrected chi connectivity index (χ4v) is 3.57. The molecule has 1 aromatic carbocycles. The molecule has 0 unspecified atom stereocenters. The van der Waals surface area contributed by atoms with Crippen molar-refractivity contribution in [2.45, 2.75) is 12.1 Å². The number of hydrogen-bond donors (Lipinski definition) is 1. The van der Waals surface area contributed by atoms with Gasteiger partial charge in [-0.3, -0.25) is 4.79 Å². The number of nitrogens with one attached hydrogen (secondary N) is 1. The first-order valence-electron chi connectivity index (χ1n) is 7.06. The van der Waals surface area contributed by atoms with Crippen molar-refractivity contribution in [3.05, 3.63) is 47.3 Å². The van der Waals surface area contributed by atoms with E-state index >= 15 is 0 Å². The number of benzene rings is 1. The highest BCUT2D eigenvalue weighted by Crippen LogP contribution is 2.26. The van der Waals surface area contributed by atoms with Gasteiger partial charge in [0, 0.05) is 12.7 Å². The Kier molecular flexibility index (Phi) is 4.78. The summed E-state index contributed by atoms with van der Waals surface area (Å²) in [5.74, 6) is 1.06. The third-order valence-corrected chi connectivity index (χ3v) is 5.10. The van der Waals surface area contributed by atoms with Gasteiger partial charge in [0.25, 0.3) is 0 Å². The maximum absolute atomic E-state index is 12.1. The Morgan fingerprint density at radius 1 is 1.30 bits per heavy atom. The van der Waals surface area contributed by atoms with Crippen LogP contribution in [-0.2, 0) is 11.8 Å². The number of thiophene rings is 1. The molecule has 0 saturated heterocycles. The summed E-state index contributed by atoms with van der Waals surface area (Å²) in [4.78, 5) is 13.1. The standard InChI is InChI=1S/C16H16N4OS2/c1-11-5-3-6-12(9-11)17-14(21)10-23-16-19-18-15(20(16)2)13-7-4-8-22-13/h3-9H,10H2,1-2H3,(H,17,21). The first-order valence-corrected chi connectivity index (χ1v) is 8.92. The van der Waals surface area contributed by atoms with E-state index in [1.807, 2.05) is 60.3 Å². The number of aryl methyl sites for hydroxylation is 1. The van der Waals surface area contributed by atoms with Crippen LogP contribution in [0.1, 0.15) is 5.56 Å². The maximum Gasteiger partial charge on any atom is 0.234 e. The largest absolute Gasteiger partial charge is 0.325 e. The van der Waals surface area contributed by atoms with Gasteiger partial charge >= 0.3 is 0 Å². The minimum Gasteiger partial charge on any atom is -0.325 e. The van der Waals surface area contributed by atoms with Gasteiger partial charge in [-0.2, -0.15) is 0 Å². The van der Waals surface area contributed by atoms with Crippen molar-refractivity contribution in [1.29, 1.82) is 0 Å². The molecule has 0 aliphatic rings. The summed E-state index contributed by atoms with van der Waals surface area (Å²) in [6, 6.07) is 11.7. The lowest BCUT2D eigenvalue weighted by Gasteiger charge is -2.06. The normalized spacial score (nSPS) is 10.7. The van der Waals surface area contributed by atoms with E-state index in [2.05, 4.69) is 15.5 Å². The van der Waals surface area contributed by atoms with Crippen LogP contribution in [0, 0.1) is 6.92 Å². The molecule has 2 heterocycles. The van der Waals surface area contributed by atoms with Crippen molar-refractivity contribution in [1.82, 2.24) is 14.8 Å². The van der Waals surface area contributed by atoms with Crippen molar-refractivity contribution in [3.63, 3.8) is 0 Å². The van der Waals surface area contributed by atoms with Gasteiger partial charge in [-0.15, -0.1) is 21.5 Å². The summed E-state index contributed by atoms with van der Waals surface area (Å²) in [6.07, 6.45) is 0. The third-order valence-electron chi connectivity index (χ3n) is 3.21. The van der Waals surface area contributed by atoms with E-state index in [0.717, 1.165) is 27.1 Å². The molecule has 1 amide bonds. The number of hydrogen-bond acceptors (Lipinski definition) is 5. The van der Waals surface area contributed by atoms with Crippen molar-refractivity contribution in [2.24, 2.45) is 7.05 Å². The minimum absolute atomic E-state index is 0.0544. The second-order valence-corrected chi connectivity index (χ2v) is 6.94. The van der Waals surface area contributed by atoms with Crippen LogP contribution in [0.25, 0.3) is 10.7 Å². The average molecular weight is 344 g/mol. The number of anilines is 1. The molecule has 7 heteroatoms. The number of carbonyl (C=O) groups excluding carboxylic acids is 1. The minimum atomic E-state index is -0.0544. The predicted molar refractivity (Wildman–Crippen MR) is 94.8 cm³/mol. The average Bonchev–Trinajstić information content (AvgIpc) is 3.15. The zero-order chi connectivity index (χ0) is 16.2. The van der Waals surface area contributed by atoms with Crippen LogP contribution in [0.2, 0.25) is 0 Å². The van der Waals surface area contributed by atoms with Crippen LogP contribution in [0.15, 0.2) is 46.9 Å². The van der Waals surface area contributed by atoms with Crippen LogP contribution in [0.4, 0.5) is 5.69 Å². The highest BCUT2D eigenvalue weighted by atomic mass is 32.2. The van der Waals surface area contributed by atoms with Crippen LogP contribution in [0.5, 0.6) is 0 Å². The van der Waals surface area contributed by atoms with Gasteiger partial charge in [-0.05, 0) is 36.1 Å². The van der Waals surface area contributed by atoms with Gasteiger partial charge in [-0.1, -0.05) is 30.0 Å². The number of amides is 1. The fourth-order valence-electron chi connectivity index (χ4n) is 2.11. The highest BCUT2D eigenvalue weighted by Gasteiger charge is 2.13. The highest BCUT2D eigenvalue weighted by molar-refractivity contribution is 7.99. The van der Waals surface area contributed by atoms with Crippen molar-refractivity contribution in [3.8, 4) is 10.7 Å². The number of aromatic nitrogens is 3. The van der Waals surface area contributed by atoms with E-state index in [1.165, 1.54) is 11.8 Å². The Hall–Kier alpha value is -2.12. The molecule has 3 rings (SSSR count). The lowest BCUT2D eigenvalue weighted by atomic mass is 10.2. The Morgan fingerprint density at radius 2 is 2.17 bits per heavy atom. The molecule has 2 aromatic heterocycles. The van der Waals surface area contributed by atoms with Gasteiger partial charge in [0.15, 0.2) is 11.0 Å². The molecular formula is C16H16N4OS2. The Balaban J connectivity index is 1.61. The Morgan fingerprint density at radius 3 is 2.91 bits per heavy atom. The van der Waals surface area contributed by atoms with Gasteiger partial charge in [-0.25, -0.2) is 0 Å². The number of nitrogens with zero attached hydrogens (tertiary/aromatic N) is 3. The molecule has 0 radical (unpaired) electrons. The zero-order valence-electron chi connectivity index (χ0n) is 12.8. The molecule has 0 atom stereocenters. The van der Waals surface area contributed by atoms with E-state index in [-0.39, 0.29) is 5.91 Å². The summed E-state index contributed by atoms with van der Waals surface area (Å²) in [7, 11) is 1.91. The van der Waals surface area contributed by atoms with Crippen LogP contribution in [0.3, 0.4) is 0 Å². The quantitative estimate of drug-likeness (QED) is 0.719. The predicted octanol–water partition coefficient (Wildman–Crippen LogP) is 3.58. The lowest BCUT2D eigenvalue weighted by Crippen LogP contribution is -2.14. The second-order valence-electron chi connectivity index (χ2n) is 5.05. The first-order chi connectivity index (χ1) is 11.1. The molecule has 0 bridgehead atoms. The molecule has 23 heavy (non-hydrogen) atoms. The van der Waals surface area contributed by atoms with E-state index < -0.39 is 0 Å². The summed E-state index contributed by atoms with van der Waals surface area (Å²) in [5, 5.41) is 14.0.